The molecule has 6 nitrogen and oxygen atoms in total. The highest BCUT2D eigenvalue weighted by molar-refractivity contribution is 6.04. The van der Waals surface area contributed by atoms with Crippen LogP contribution in [0.3, 0.4) is 0 Å². The predicted molar refractivity (Wildman–Crippen MR) is 104 cm³/mol. The Morgan fingerprint density at radius 1 is 1.25 bits per heavy atom. The normalized spacial score (nSPS) is 17.0. The molecular weight excluding hydrogens is 354 g/mol. The number of carbonyl (C=O) groups excluding carboxylic acids is 1. The first-order chi connectivity index (χ1) is 13.4. The van der Waals surface area contributed by atoms with Gasteiger partial charge in [-0.05, 0) is 50.1 Å². The molecule has 0 saturated heterocycles. The fraction of sp³-hybridized carbons (Fsp3) is 0.273. The van der Waals surface area contributed by atoms with Gasteiger partial charge in [-0.15, -0.1) is 0 Å². The van der Waals surface area contributed by atoms with Gasteiger partial charge in [0, 0.05) is 11.1 Å². The van der Waals surface area contributed by atoms with E-state index in [2.05, 4.69) is 11.5 Å². The monoisotopic (exact) mass is 375 g/mol. The minimum atomic E-state index is -0.756. The zero-order valence-electron chi connectivity index (χ0n) is 16.3. The van der Waals surface area contributed by atoms with Crippen molar-refractivity contribution in [2.24, 2.45) is 0 Å². The van der Waals surface area contributed by atoms with E-state index < -0.39 is 5.60 Å². The van der Waals surface area contributed by atoms with Crippen molar-refractivity contribution in [1.29, 1.82) is 5.26 Å². The molecule has 0 aromatic heterocycles. The lowest BCUT2D eigenvalue weighted by Crippen LogP contribution is -2.44. The Balaban J connectivity index is 1.99. The SMILES string of the molecule is CONC1=C(N2Cc3ccccc3C2=O)c2c(ccc(C#N)c2C)OC1(C)C. The molecule has 0 aliphatic carbocycles. The van der Waals surface area contributed by atoms with Gasteiger partial charge in [-0.25, -0.2) is 0 Å². The zero-order valence-corrected chi connectivity index (χ0v) is 16.3. The van der Waals surface area contributed by atoms with Crippen LogP contribution >= 0.6 is 0 Å². The summed E-state index contributed by atoms with van der Waals surface area (Å²) < 4.78 is 6.22. The smallest absolute Gasteiger partial charge is 0.259 e. The minimum Gasteiger partial charge on any atom is -0.481 e. The first-order valence-corrected chi connectivity index (χ1v) is 9.05. The second-order valence-corrected chi connectivity index (χ2v) is 7.41. The van der Waals surface area contributed by atoms with E-state index in [-0.39, 0.29) is 5.91 Å². The molecule has 28 heavy (non-hydrogen) atoms. The van der Waals surface area contributed by atoms with Crippen LogP contribution in [-0.4, -0.2) is 23.5 Å². The highest BCUT2D eigenvalue weighted by Gasteiger charge is 2.42. The van der Waals surface area contributed by atoms with E-state index in [0.29, 0.717) is 34.8 Å². The molecule has 1 N–H and O–H groups in total. The number of ether oxygens (including phenoxy) is 1. The van der Waals surface area contributed by atoms with Crippen molar-refractivity contribution < 1.29 is 14.4 Å². The van der Waals surface area contributed by atoms with Crippen molar-refractivity contribution in [2.75, 3.05) is 7.11 Å². The zero-order chi connectivity index (χ0) is 20.1. The van der Waals surface area contributed by atoms with E-state index in [9.17, 15) is 10.1 Å². The van der Waals surface area contributed by atoms with Gasteiger partial charge in [0.1, 0.15) is 17.0 Å². The van der Waals surface area contributed by atoms with E-state index in [4.69, 9.17) is 9.57 Å². The summed E-state index contributed by atoms with van der Waals surface area (Å²) in [4.78, 5) is 20.2. The summed E-state index contributed by atoms with van der Waals surface area (Å²) in [5.74, 6) is 0.563. The van der Waals surface area contributed by atoms with Crippen LogP contribution in [0.1, 0.15) is 46.5 Å². The van der Waals surface area contributed by atoms with E-state index in [1.807, 2.05) is 45.0 Å². The number of benzene rings is 2. The first-order valence-electron chi connectivity index (χ1n) is 9.05. The van der Waals surface area contributed by atoms with Gasteiger partial charge < -0.3 is 9.64 Å². The van der Waals surface area contributed by atoms with Crippen molar-refractivity contribution in [3.05, 3.63) is 69.9 Å². The van der Waals surface area contributed by atoms with Crippen LogP contribution in [0.4, 0.5) is 0 Å². The molecule has 0 radical (unpaired) electrons. The predicted octanol–water partition coefficient (Wildman–Crippen LogP) is 3.51. The van der Waals surface area contributed by atoms with Gasteiger partial charge in [0.25, 0.3) is 5.91 Å². The summed E-state index contributed by atoms with van der Waals surface area (Å²) in [6.45, 7) is 6.15. The largest absolute Gasteiger partial charge is 0.481 e. The lowest BCUT2D eigenvalue weighted by Gasteiger charge is -2.39. The number of carbonyl (C=O) groups is 1. The Kier molecular flexibility index (Phi) is 4.13. The minimum absolute atomic E-state index is 0.0774. The van der Waals surface area contributed by atoms with Crippen LogP contribution < -0.4 is 10.2 Å². The fourth-order valence-corrected chi connectivity index (χ4v) is 3.90. The third kappa shape index (κ3) is 2.55. The second-order valence-electron chi connectivity index (χ2n) is 7.41. The topological polar surface area (TPSA) is 74.6 Å². The molecule has 0 atom stereocenters. The quantitative estimate of drug-likeness (QED) is 0.831. The van der Waals surface area contributed by atoms with Crippen LogP contribution in [0.15, 0.2) is 42.1 Å². The second kappa shape index (κ2) is 6.39. The standard InChI is InChI=1S/C22H21N3O3/c1-13-14(11-23)9-10-17-18(13)19(20(24-27-4)22(2,3)28-17)25-12-15-7-5-6-8-16(15)21(25)26/h5-10,24H,12H2,1-4H3. The highest BCUT2D eigenvalue weighted by atomic mass is 16.6. The van der Waals surface area contributed by atoms with Crippen molar-refractivity contribution in [3.63, 3.8) is 0 Å². The third-order valence-corrected chi connectivity index (χ3v) is 5.28. The number of nitriles is 1. The number of nitrogens with zero attached hydrogens (tertiary/aromatic N) is 2. The van der Waals surface area contributed by atoms with E-state index in [1.165, 1.54) is 7.11 Å². The lowest BCUT2D eigenvalue weighted by atomic mass is 9.90. The van der Waals surface area contributed by atoms with Gasteiger partial charge in [0.2, 0.25) is 0 Å². The molecule has 2 aromatic carbocycles. The van der Waals surface area contributed by atoms with Crippen molar-refractivity contribution in [2.45, 2.75) is 32.9 Å². The Labute approximate surface area is 163 Å². The maximum absolute atomic E-state index is 13.2. The number of nitrogens with one attached hydrogen (secondary N) is 1. The summed E-state index contributed by atoms with van der Waals surface area (Å²) >= 11 is 0. The van der Waals surface area contributed by atoms with Crippen molar-refractivity contribution in [1.82, 2.24) is 10.4 Å². The molecule has 0 spiro atoms. The highest BCUT2D eigenvalue weighted by Crippen LogP contribution is 2.45. The molecule has 142 valence electrons. The first kappa shape index (κ1) is 18.1. The molecule has 0 saturated carbocycles. The molecule has 0 fully saturated rings. The number of fused-ring (bicyclic) bond motifs is 2. The van der Waals surface area contributed by atoms with Crippen LogP contribution in [0.25, 0.3) is 5.70 Å². The maximum Gasteiger partial charge on any atom is 0.259 e. The molecule has 4 rings (SSSR count). The third-order valence-electron chi connectivity index (χ3n) is 5.28. The van der Waals surface area contributed by atoms with Crippen LogP contribution in [0, 0.1) is 18.3 Å². The number of hydroxylamine groups is 1. The Bertz CT molecular complexity index is 1060. The molecule has 2 aromatic rings. The van der Waals surface area contributed by atoms with Gasteiger partial charge in [-0.3, -0.25) is 15.1 Å². The van der Waals surface area contributed by atoms with Gasteiger partial charge in [0.15, 0.2) is 0 Å². The Hall–Kier alpha value is -3.30. The van der Waals surface area contributed by atoms with Gasteiger partial charge in [-0.2, -0.15) is 5.26 Å². The van der Waals surface area contributed by atoms with Gasteiger partial charge in [-0.1, -0.05) is 18.2 Å². The van der Waals surface area contributed by atoms with E-state index in [0.717, 1.165) is 16.7 Å². The Morgan fingerprint density at radius 2 is 2.00 bits per heavy atom. The lowest BCUT2D eigenvalue weighted by molar-refractivity contribution is 0.0556. The molecule has 0 bridgehead atoms. The van der Waals surface area contributed by atoms with Crippen LogP contribution in [0.2, 0.25) is 0 Å². The summed E-state index contributed by atoms with van der Waals surface area (Å²) in [7, 11) is 1.52. The summed E-state index contributed by atoms with van der Waals surface area (Å²) in [5.41, 5.74) is 7.20. The average molecular weight is 375 g/mol. The number of rotatable bonds is 3. The van der Waals surface area contributed by atoms with Crippen LogP contribution in [0.5, 0.6) is 5.75 Å². The summed E-state index contributed by atoms with van der Waals surface area (Å²) in [6.07, 6.45) is 0. The molecule has 1 amide bonds. The fourth-order valence-electron chi connectivity index (χ4n) is 3.90. The number of hydrogen-bond acceptors (Lipinski definition) is 5. The molecule has 2 aliphatic heterocycles. The van der Waals surface area contributed by atoms with E-state index in [1.54, 1.807) is 17.0 Å². The summed E-state index contributed by atoms with van der Waals surface area (Å²) in [6, 6.07) is 13.4. The van der Waals surface area contributed by atoms with Gasteiger partial charge in [0.05, 0.1) is 31.0 Å². The Morgan fingerprint density at radius 3 is 2.68 bits per heavy atom. The number of amides is 1. The molecule has 6 heteroatoms. The average Bonchev–Trinajstić information content (AvgIpc) is 2.99. The maximum atomic E-state index is 13.2. The number of hydrogen-bond donors (Lipinski definition) is 1. The van der Waals surface area contributed by atoms with Crippen LogP contribution in [-0.2, 0) is 11.4 Å². The summed E-state index contributed by atoms with van der Waals surface area (Å²) in [5, 5.41) is 9.51. The molecular formula is C22H21N3O3. The van der Waals surface area contributed by atoms with Crippen molar-refractivity contribution >= 4 is 11.6 Å². The van der Waals surface area contributed by atoms with E-state index >= 15 is 0 Å². The molecule has 2 heterocycles. The molecule has 2 aliphatic rings. The van der Waals surface area contributed by atoms with Crippen molar-refractivity contribution in [3.8, 4) is 11.8 Å². The molecule has 0 unspecified atom stereocenters. The van der Waals surface area contributed by atoms with Gasteiger partial charge >= 0.3 is 0 Å².